The molecule has 0 atom stereocenters. The molecule has 0 saturated carbocycles. The van der Waals surface area contributed by atoms with Gasteiger partial charge in [-0.3, -0.25) is 10.00 Å². The second-order valence-corrected chi connectivity index (χ2v) is 7.68. The molecule has 33 heavy (non-hydrogen) atoms. The maximum Gasteiger partial charge on any atom is 0.438 e. The summed E-state index contributed by atoms with van der Waals surface area (Å²) in [6, 6.07) is 5.20. The SMILES string of the molecule is CN(Cc1csc(NC(=O)NCc2cccc(F)c2)n1)C(=O)Oc1cn(C)nc1C(F)(F)F. The third kappa shape index (κ3) is 6.65. The van der Waals surface area contributed by atoms with Gasteiger partial charge in [-0.05, 0) is 17.7 Å². The number of aromatic nitrogens is 3. The quantitative estimate of drug-likeness (QED) is 0.513. The lowest BCUT2D eigenvalue weighted by Gasteiger charge is -2.15. The van der Waals surface area contributed by atoms with Gasteiger partial charge in [0, 0.05) is 26.0 Å². The van der Waals surface area contributed by atoms with Crippen LogP contribution in [0.15, 0.2) is 35.8 Å². The number of rotatable bonds is 6. The Morgan fingerprint density at radius 2 is 2.06 bits per heavy atom. The zero-order valence-electron chi connectivity index (χ0n) is 17.3. The van der Waals surface area contributed by atoms with E-state index in [1.807, 2.05) is 0 Å². The molecule has 9 nitrogen and oxygen atoms in total. The van der Waals surface area contributed by atoms with Gasteiger partial charge in [0.15, 0.2) is 10.9 Å². The number of amides is 3. The Balaban J connectivity index is 1.52. The number of ether oxygens (including phenoxy) is 1. The first-order chi connectivity index (χ1) is 15.5. The fraction of sp³-hybridized carbons (Fsp3) is 0.263. The van der Waals surface area contributed by atoms with Gasteiger partial charge < -0.3 is 15.0 Å². The van der Waals surface area contributed by atoms with Crippen molar-refractivity contribution in [1.29, 1.82) is 0 Å². The maximum absolute atomic E-state index is 13.2. The van der Waals surface area contributed by atoms with Crippen molar-refractivity contribution in [3.8, 4) is 5.75 Å². The van der Waals surface area contributed by atoms with Gasteiger partial charge in [0.2, 0.25) is 5.69 Å². The molecule has 0 spiro atoms. The average Bonchev–Trinajstić information content (AvgIpc) is 3.32. The molecule has 0 unspecified atom stereocenters. The second-order valence-electron chi connectivity index (χ2n) is 6.82. The molecule has 0 aliphatic rings. The molecule has 3 rings (SSSR count). The zero-order chi connectivity index (χ0) is 24.2. The summed E-state index contributed by atoms with van der Waals surface area (Å²) in [4.78, 5) is 29.4. The van der Waals surface area contributed by atoms with E-state index in [0.29, 0.717) is 11.3 Å². The van der Waals surface area contributed by atoms with E-state index < -0.39 is 35.6 Å². The van der Waals surface area contributed by atoms with E-state index in [1.165, 1.54) is 32.3 Å². The van der Waals surface area contributed by atoms with E-state index in [1.54, 1.807) is 11.4 Å². The molecule has 0 radical (unpaired) electrons. The Kier molecular flexibility index (Phi) is 7.16. The molecule has 0 aliphatic carbocycles. The van der Waals surface area contributed by atoms with Crippen molar-refractivity contribution < 1.29 is 31.9 Å². The number of carbonyl (C=O) groups excluding carboxylic acids is 2. The van der Waals surface area contributed by atoms with Gasteiger partial charge in [0.1, 0.15) is 5.82 Å². The average molecular weight is 486 g/mol. The maximum atomic E-state index is 13.2. The number of nitrogens with one attached hydrogen (secondary N) is 2. The molecule has 0 fully saturated rings. The highest BCUT2D eigenvalue weighted by Gasteiger charge is 2.39. The lowest BCUT2D eigenvalue weighted by atomic mass is 10.2. The number of benzene rings is 1. The summed E-state index contributed by atoms with van der Waals surface area (Å²) >= 11 is 1.08. The molecule has 176 valence electrons. The number of nitrogens with zero attached hydrogens (tertiary/aromatic N) is 4. The summed E-state index contributed by atoms with van der Waals surface area (Å²) in [5.41, 5.74) is -0.356. The number of thiazole rings is 1. The second kappa shape index (κ2) is 9.85. The minimum atomic E-state index is -4.78. The Morgan fingerprint density at radius 1 is 1.30 bits per heavy atom. The van der Waals surface area contributed by atoms with Crippen molar-refractivity contribution in [2.75, 3.05) is 12.4 Å². The van der Waals surface area contributed by atoms with Crippen LogP contribution in [0.3, 0.4) is 0 Å². The standard InChI is InChI=1S/C19H18F4N6O3S/c1-28(18(31)32-14-9-29(2)27-15(14)19(21,22)23)8-13-10-33-17(25-13)26-16(30)24-7-11-4-3-5-12(20)6-11/h3-6,9-10H,7-8H2,1-2H3,(H2,24,25,26,30). The molecular weight excluding hydrogens is 468 g/mol. The third-order valence-corrected chi connectivity index (χ3v) is 4.89. The first-order valence-electron chi connectivity index (χ1n) is 9.28. The molecule has 2 N–H and O–H groups in total. The molecule has 14 heteroatoms. The van der Waals surface area contributed by atoms with Crippen molar-refractivity contribution in [2.24, 2.45) is 7.05 Å². The van der Waals surface area contributed by atoms with Crippen molar-refractivity contribution in [2.45, 2.75) is 19.3 Å². The number of alkyl halides is 3. The number of halogens is 4. The van der Waals surface area contributed by atoms with Gasteiger partial charge in [-0.1, -0.05) is 12.1 Å². The van der Waals surface area contributed by atoms with Crippen LogP contribution >= 0.6 is 11.3 Å². The van der Waals surface area contributed by atoms with Crippen molar-refractivity contribution >= 4 is 28.6 Å². The summed E-state index contributed by atoms with van der Waals surface area (Å²) < 4.78 is 57.9. The topological polar surface area (TPSA) is 101 Å². The Labute approximate surface area is 189 Å². The number of anilines is 1. The number of hydrogen-bond acceptors (Lipinski definition) is 6. The molecule has 2 aromatic heterocycles. The van der Waals surface area contributed by atoms with E-state index in [2.05, 4.69) is 20.7 Å². The van der Waals surface area contributed by atoms with Crippen LogP contribution in [0, 0.1) is 5.82 Å². The smallest absolute Gasteiger partial charge is 0.406 e. The van der Waals surface area contributed by atoms with Crippen LogP contribution in [0.25, 0.3) is 0 Å². The van der Waals surface area contributed by atoms with E-state index in [0.717, 1.165) is 27.1 Å². The Morgan fingerprint density at radius 3 is 2.76 bits per heavy atom. The molecule has 2 heterocycles. The highest BCUT2D eigenvalue weighted by atomic mass is 32.1. The normalized spacial score (nSPS) is 11.2. The van der Waals surface area contributed by atoms with Gasteiger partial charge in [-0.2, -0.15) is 18.3 Å². The third-order valence-electron chi connectivity index (χ3n) is 4.09. The van der Waals surface area contributed by atoms with Gasteiger partial charge in [0.25, 0.3) is 0 Å². The molecule has 1 aromatic carbocycles. The van der Waals surface area contributed by atoms with Crippen molar-refractivity contribution in [3.63, 3.8) is 0 Å². The lowest BCUT2D eigenvalue weighted by molar-refractivity contribution is -0.142. The minimum absolute atomic E-state index is 0.0798. The summed E-state index contributed by atoms with van der Waals surface area (Å²) in [5.74, 6) is -1.13. The largest absolute Gasteiger partial charge is 0.438 e. The summed E-state index contributed by atoms with van der Waals surface area (Å²) in [6.07, 6.45) is -4.87. The number of aryl methyl sites for hydroxylation is 1. The van der Waals surface area contributed by atoms with Crippen LogP contribution in [-0.4, -0.2) is 38.8 Å². The number of urea groups is 1. The van der Waals surface area contributed by atoms with Gasteiger partial charge in [-0.25, -0.2) is 19.0 Å². The fourth-order valence-electron chi connectivity index (χ4n) is 2.62. The predicted molar refractivity (Wildman–Crippen MR) is 110 cm³/mol. The van der Waals surface area contributed by atoms with Crippen LogP contribution in [0.4, 0.5) is 32.3 Å². The monoisotopic (exact) mass is 486 g/mol. The Bertz CT molecular complexity index is 1150. The Hall–Kier alpha value is -3.68. The first kappa shape index (κ1) is 24.0. The molecular formula is C19H18F4N6O3S. The van der Waals surface area contributed by atoms with E-state index in [9.17, 15) is 27.2 Å². The van der Waals surface area contributed by atoms with Crippen LogP contribution < -0.4 is 15.4 Å². The molecule has 0 saturated heterocycles. The van der Waals surface area contributed by atoms with Crippen LogP contribution in [0.1, 0.15) is 17.0 Å². The summed E-state index contributed by atoms with van der Waals surface area (Å²) in [6.45, 7) is 0.0220. The summed E-state index contributed by atoms with van der Waals surface area (Å²) in [7, 11) is 2.60. The highest BCUT2D eigenvalue weighted by molar-refractivity contribution is 7.13. The molecule has 0 aliphatic heterocycles. The minimum Gasteiger partial charge on any atom is -0.406 e. The zero-order valence-corrected chi connectivity index (χ0v) is 18.1. The van der Waals surface area contributed by atoms with Gasteiger partial charge >= 0.3 is 18.3 Å². The number of carbonyl (C=O) groups is 2. The lowest BCUT2D eigenvalue weighted by Crippen LogP contribution is -2.30. The van der Waals surface area contributed by atoms with E-state index in [4.69, 9.17) is 4.74 Å². The van der Waals surface area contributed by atoms with Crippen molar-refractivity contribution in [3.05, 3.63) is 58.6 Å². The predicted octanol–water partition coefficient (Wildman–Crippen LogP) is 3.99. The van der Waals surface area contributed by atoms with Crippen LogP contribution in [0.2, 0.25) is 0 Å². The fourth-order valence-corrected chi connectivity index (χ4v) is 3.32. The molecule has 3 aromatic rings. The van der Waals surface area contributed by atoms with Crippen LogP contribution in [0.5, 0.6) is 5.75 Å². The van der Waals surface area contributed by atoms with Gasteiger partial charge in [0.05, 0.1) is 18.4 Å². The molecule has 0 bridgehead atoms. The highest BCUT2D eigenvalue weighted by Crippen LogP contribution is 2.35. The van der Waals surface area contributed by atoms with Crippen LogP contribution in [-0.2, 0) is 26.3 Å². The van der Waals surface area contributed by atoms with Gasteiger partial charge in [-0.15, -0.1) is 11.3 Å². The van der Waals surface area contributed by atoms with Crippen molar-refractivity contribution in [1.82, 2.24) is 25.0 Å². The first-order valence-corrected chi connectivity index (χ1v) is 10.2. The van der Waals surface area contributed by atoms with E-state index >= 15 is 0 Å². The number of hydrogen-bond donors (Lipinski definition) is 2. The van der Waals surface area contributed by atoms with E-state index in [-0.39, 0.29) is 18.2 Å². The molecule has 3 amide bonds. The summed E-state index contributed by atoms with van der Waals surface area (Å²) in [5, 5.41) is 10.1.